The first-order chi connectivity index (χ1) is 14.7. The smallest absolute Gasteiger partial charge is 0.242 e. The second kappa shape index (κ2) is 11.7. The predicted molar refractivity (Wildman–Crippen MR) is 125 cm³/mol. The first-order valence-corrected chi connectivity index (χ1v) is 11.4. The lowest BCUT2D eigenvalue weighted by Crippen LogP contribution is -2.43. The molecule has 6 nitrogen and oxygen atoms in total. The maximum atomic E-state index is 13.2. The summed E-state index contributed by atoms with van der Waals surface area (Å²) in [6, 6.07) is 7.88. The van der Waals surface area contributed by atoms with E-state index in [1.165, 1.54) is 17.4 Å². The first-order valence-electron chi connectivity index (χ1n) is 10.5. The molecule has 0 saturated carbocycles. The van der Waals surface area contributed by atoms with Crippen molar-refractivity contribution in [3.8, 4) is 11.5 Å². The molecule has 0 unspecified atom stereocenters. The number of ether oxygens (including phenoxy) is 2. The summed E-state index contributed by atoms with van der Waals surface area (Å²) in [5, 5.41) is 2.04. The fourth-order valence-corrected chi connectivity index (χ4v) is 4.26. The standard InChI is InChI=1S/C24H34N2O4S/c1-17(2)14-26(19(4)27)16-24(28)25(15-23-18(3)10-12-31-23)11-9-20-7-8-21(29-5)22(13-20)30-6/h7-8,10,12-13,17H,9,11,14-16H2,1-6H3. The van der Waals surface area contributed by atoms with Gasteiger partial charge in [0.05, 0.1) is 27.3 Å². The lowest BCUT2D eigenvalue weighted by atomic mass is 10.1. The molecular formula is C24H34N2O4S. The molecule has 0 spiro atoms. The number of carbonyl (C=O) groups is 2. The van der Waals surface area contributed by atoms with E-state index < -0.39 is 0 Å². The number of hydrogen-bond donors (Lipinski definition) is 0. The third-order valence-corrected chi connectivity index (χ3v) is 6.14. The van der Waals surface area contributed by atoms with Gasteiger partial charge >= 0.3 is 0 Å². The largest absolute Gasteiger partial charge is 0.493 e. The summed E-state index contributed by atoms with van der Waals surface area (Å²) >= 11 is 1.65. The van der Waals surface area contributed by atoms with Crippen molar-refractivity contribution in [2.75, 3.05) is 33.9 Å². The predicted octanol–water partition coefficient (Wildman–Crippen LogP) is 4.15. The molecule has 0 radical (unpaired) electrons. The maximum absolute atomic E-state index is 13.2. The summed E-state index contributed by atoms with van der Waals surface area (Å²) in [5.41, 5.74) is 2.24. The second-order valence-corrected chi connectivity index (χ2v) is 9.08. The molecule has 1 aromatic heterocycles. The van der Waals surface area contributed by atoms with E-state index in [0.717, 1.165) is 5.56 Å². The molecule has 0 aliphatic rings. The number of thiophene rings is 1. The van der Waals surface area contributed by atoms with Crippen molar-refractivity contribution in [2.24, 2.45) is 5.92 Å². The molecule has 170 valence electrons. The summed E-state index contributed by atoms with van der Waals surface area (Å²) in [5.74, 6) is 1.54. The Kier molecular flexibility index (Phi) is 9.37. The zero-order chi connectivity index (χ0) is 23.0. The first kappa shape index (κ1) is 24.7. The molecule has 1 heterocycles. The third kappa shape index (κ3) is 7.28. The molecular weight excluding hydrogens is 412 g/mol. The number of amides is 2. The minimum Gasteiger partial charge on any atom is -0.493 e. The molecule has 0 saturated heterocycles. The van der Waals surface area contributed by atoms with Crippen LogP contribution in [0.25, 0.3) is 0 Å². The van der Waals surface area contributed by atoms with Gasteiger partial charge in [-0.1, -0.05) is 19.9 Å². The molecule has 2 amide bonds. The van der Waals surface area contributed by atoms with E-state index in [1.807, 2.05) is 42.3 Å². The number of carbonyl (C=O) groups excluding carboxylic acids is 2. The van der Waals surface area contributed by atoms with Crippen LogP contribution in [-0.2, 0) is 22.6 Å². The van der Waals surface area contributed by atoms with Crippen molar-refractivity contribution in [1.82, 2.24) is 9.80 Å². The molecule has 7 heteroatoms. The van der Waals surface area contributed by atoms with E-state index in [-0.39, 0.29) is 18.4 Å². The van der Waals surface area contributed by atoms with Gasteiger partial charge < -0.3 is 19.3 Å². The van der Waals surface area contributed by atoms with Gasteiger partial charge in [-0.05, 0) is 54.0 Å². The van der Waals surface area contributed by atoms with Crippen molar-refractivity contribution >= 4 is 23.2 Å². The Morgan fingerprint density at radius 2 is 1.77 bits per heavy atom. The van der Waals surface area contributed by atoms with Crippen LogP contribution in [0.1, 0.15) is 36.8 Å². The number of hydrogen-bond acceptors (Lipinski definition) is 5. The topological polar surface area (TPSA) is 59.1 Å². The van der Waals surface area contributed by atoms with Gasteiger partial charge in [-0.3, -0.25) is 9.59 Å². The normalized spacial score (nSPS) is 10.8. The van der Waals surface area contributed by atoms with Gasteiger partial charge in [-0.2, -0.15) is 0 Å². The summed E-state index contributed by atoms with van der Waals surface area (Å²) in [6.45, 7) is 9.44. The molecule has 0 N–H and O–H groups in total. The molecule has 0 aliphatic carbocycles. The molecule has 2 aromatic rings. The number of aryl methyl sites for hydroxylation is 1. The van der Waals surface area contributed by atoms with Crippen LogP contribution in [0.3, 0.4) is 0 Å². The molecule has 0 atom stereocenters. The van der Waals surface area contributed by atoms with Gasteiger partial charge in [0.15, 0.2) is 11.5 Å². The fourth-order valence-electron chi connectivity index (χ4n) is 3.34. The Morgan fingerprint density at radius 3 is 2.32 bits per heavy atom. The fraction of sp³-hybridized carbons (Fsp3) is 0.500. The van der Waals surface area contributed by atoms with Crippen molar-refractivity contribution in [3.63, 3.8) is 0 Å². The molecule has 2 rings (SSSR count). The Morgan fingerprint density at radius 1 is 1.06 bits per heavy atom. The molecule has 31 heavy (non-hydrogen) atoms. The minimum atomic E-state index is -0.0748. The van der Waals surface area contributed by atoms with Crippen molar-refractivity contribution in [3.05, 3.63) is 45.6 Å². The van der Waals surface area contributed by atoms with Gasteiger partial charge in [0.2, 0.25) is 11.8 Å². The Hall–Kier alpha value is -2.54. The van der Waals surface area contributed by atoms with Crippen molar-refractivity contribution in [1.29, 1.82) is 0 Å². The van der Waals surface area contributed by atoms with Gasteiger partial charge in [0.25, 0.3) is 0 Å². The summed E-state index contributed by atoms with van der Waals surface area (Å²) in [4.78, 5) is 29.9. The molecule has 0 bridgehead atoms. The average Bonchev–Trinajstić information content (AvgIpc) is 3.14. The number of benzene rings is 1. The lowest BCUT2D eigenvalue weighted by Gasteiger charge is -2.28. The molecule has 1 aromatic carbocycles. The molecule has 0 fully saturated rings. The Balaban J connectivity index is 2.17. The second-order valence-electron chi connectivity index (χ2n) is 8.07. The third-order valence-electron chi connectivity index (χ3n) is 5.13. The Labute approximate surface area is 189 Å². The van der Waals surface area contributed by atoms with Crippen LogP contribution in [0.2, 0.25) is 0 Å². The van der Waals surface area contributed by atoms with E-state index in [0.29, 0.717) is 43.5 Å². The van der Waals surface area contributed by atoms with Crippen LogP contribution in [0, 0.1) is 12.8 Å². The van der Waals surface area contributed by atoms with E-state index in [1.54, 1.807) is 30.5 Å². The molecule has 0 aliphatic heterocycles. The van der Waals surface area contributed by atoms with Crippen LogP contribution in [0.5, 0.6) is 11.5 Å². The number of methoxy groups -OCH3 is 2. The highest BCUT2D eigenvalue weighted by molar-refractivity contribution is 7.10. The van der Waals surface area contributed by atoms with Gasteiger partial charge in [0.1, 0.15) is 0 Å². The zero-order valence-corrected chi connectivity index (χ0v) is 20.3. The van der Waals surface area contributed by atoms with Gasteiger partial charge in [0, 0.05) is 24.9 Å². The zero-order valence-electron chi connectivity index (χ0n) is 19.4. The Bertz CT molecular complexity index is 878. The quantitative estimate of drug-likeness (QED) is 0.520. The van der Waals surface area contributed by atoms with Crippen LogP contribution >= 0.6 is 11.3 Å². The van der Waals surface area contributed by atoms with Gasteiger partial charge in [-0.25, -0.2) is 0 Å². The van der Waals surface area contributed by atoms with Crippen LogP contribution in [0.4, 0.5) is 0 Å². The highest BCUT2D eigenvalue weighted by Gasteiger charge is 2.21. The van der Waals surface area contributed by atoms with Crippen LogP contribution < -0.4 is 9.47 Å². The van der Waals surface area contributed by atoms with E-state index in [2.05, 4.69) is 13.0 Å². The van der Waals surface area contributed by atoms with Crippen LogP contribution in [0.15, 0.2) is 29.6 Å². The number of rotatable bonds is 11. The average molecular weight is 447 g/mol. The van der Waals surface area contributed by atoms with E-state index in [9.17, 15) is 9.59 Å². The van der Waals surface area contributed by atoms with Crippen LogP contribution in [-0.4, -0.2) is 55.5 Å². The van der Waals surface area contributed by atoms with E-state index in [4.69, 9.17) is 9.47 Å². The minimum absolute atomic E-state index is 0.0378. The van der Waals surface area contributed by atoms with Gasteiger partial charge in [-0.15, -0.1) is 11.3 Å². The van der Waals surface area contributed by atoms with E-state index >= 15 is 0 Å². The monoisotopic (exact) mass is 446 g/mol. The maximum Gasteiger partial charge on any atom is 0.242 e. The summed E-state index contributed by atoms with van der Waals surface area (Å²) < 4.78 is 10.7. The number of nitrogens with zero attached hydrogens (tertiary/aromatic N) is 2. The lowest BCUT2D eigenvalue weighted by molar-refractivity contribution is -0.140. The highest BCUT2D eigenvalue weighted by atomic mass is 32.1. The summed E-state index contributed by atoms with van der Waals surface area (Å²) in [7, 11) is 3.22. The van der Waals surface area contributed by atoms with Crippen molar-refractivity contribution in [2.45, 2.75) is 40.7 Å². The SMILES string of the molecule is COc1ccc(CCN(Cc2sccc2C)C(=O)CN(CC(C)C)C(C)=O)cc1OC. The summed E-state index contributed by atoms with van der Waals surface area (Å²) in [6.07, 6.45) is 0.681. The van der Waals surface area contributed by atoms with Crippen molar-refractivity contribution < 1.29 is 19.1 Å². The highest BCUT2D eigenvalue weighted by Crippen LogP contribution is 2.28.